The van der Waals surface area contributed by atoms with E-state index in [0.717, 1.165) is 11.3 Å². The quantitative estimate of drug-likeness (QED) is 0.414. The fourth-order valence-electron chi connectivity index (χ4n) is 1.83. The first-order chi connectivity index (χ1) is 12.0. The van der Waals surface area contributed by atoms with Gasteiger partial charge in [-0.15, -0.1) is 11.3 Å². The van der Waals surface area contributed by atoms with E-state index in [2.05, 4.69) is 5.32 Å². The highest BCUT2D eigenvalue weighted by atomic mass is 32.1. The number of carbonyl (C=O) groups is 2. The van der Waals surface area contributed by atoms with Crippen molar-refractivity contribution in [3.05, 3.63) is 56.8 Å². The average molecular weight is 364 g/mol. The molecule has 1 N–H and O–H groups in total. The molecule has 0 aliphatic heterocycles. The molecular weight excluding hydrogens is 348 g/mol. The van der Waals surface area contributed by atoms with Crippen LogP contribution >= 0.6 is 11.3 Å². The van der Waals surface area contributed by atoms with Crippen LogP contribution in [0.5, 0.6) is 5.75 Å². The van der Waals surface area contributed by atoms with Crippen LogP contribution in [0.15, 0.2) is 41.8 Å². The van der Waals surface area contributed by atoms with Gasteiger partial charge in [0.25, 0.3) is 11.6 Å². The highest BCUT2D eigenvalue weighted by Gasteiger charge is 2.09. The highest BCUT2D eigenvalue weighted by molar-refractivity contribution is 7.09. The molecule has 0 spiro atoms. The molecule has 0 atom stereocenters. The van der Waals surface area contributed by atoms with Gasteiger partial charge < -0.3 is 14.8 Å². The minimum Gasteiger partial charge on any atom is -0.482 e. The summed E-state index contributed by atoms with van der Waals surface area (Å²) in [5.74, 6) is -0.796. The van der Waals surface area contributed by atoms with E-state index in [-0.39, 0.29) is 24.8 Å². The fourth-order valence-corrected chi connectivity index (χ4v) is 2.53. The molecule has 1 amide bonds. The number of nitrogens with zero attached hydrogens (tertiary/aromatic N) is 1. The predicted molar refractivity (Wildman–Crippen MR) is 90.6 cm³/mol. The van der Waals surface area contributed by atoms with Crippen molar-refractivity contribution in [1.82, 2.24) is 5.32 Å². The van der Waals surface area contributed by atoms with Gasteiger partial charge in [0.1, 0.15) is 5.75 Å². The molecule has 2 rings (SSSR count). The van der Waals surface area contributed by atoms with Gasteiger partial charge in [-0.25, -0.2) is 4.79 Å². The summed E-state index contributed by atoms with van der Waals surface area (Å²) < 4.78 is 9.93. The minimum absolute atomic E-state index is 0.0749. The third-order valence-electron chi connectivity index (χ3n) is 3.04. The number of esters is 1. The Labute approximate surface area is 147 Å². The molecule has 1 aromatic carbocycles. The molecule has 0 bridgehead atoms. The van der Waals surface area contributed by atoms with E-state index >= 15 is 0 Å². The number of nitrogens with one attached hydrogen (secondary N) is 1. The van der Waals surface area contributed by atoms with Crippen molar-refractivity contribution >= 4 is 28.9 Å². The van der Waals surface area contributed by atoms with Gasteiger partial charge in [-0.2, -0.15) is 0 Å². The Bertz CT molecular complexity index is 715. The van der Waals surface area contributed by atoms with E-state index in [9.17, 15) is 19.7 Å². The number of hydrogen-bond donors (Lipinski definition) is 1. The maximum atomic E-state index is 11.6. The summed E-state index contributed by atoms with van der Waals surface area (Å²) in [5.41, 5.74) is -0.0749. The second-order valence-electron chi connectivity index (χ2n) is 4.88. The number of non-ortho nitro benzene ring substituents is 1. The molecule has 0 aliphatic carbocycles. The monoisotopic (exact) mass is 364 g/mol. The lowest BCUT2D eigenvalue weighted by Crippen LogP contribution is -2.31. The number of amides is 1. The first kappa shape index (κ1) is 18.4. The van der Waals surface area contributed by atoms with Crippen molar-refractivity contribution in [3.8, 4) is 5.75 Å². The molecular formula is C16H16N2O6S. The maximum Gasteiger partial charge on any atom is 0.344 e. The van der Waals surface area contributed by atoms with E-state index in [4.69, 9.17) is 9.47 Å². The van der Waals surface area contributed by atoms with Crippen LogP contribution in [0.2, 0.25) is 0 Å². The molecule has 25 heavy (non-hydrogen) atoms. The van der Waals surface area contributed by atoms with Gasteiger partial charge in [-0.05, 0) is 30.0 Å². The molecule has 9 heteroatoms. The van der Waals surface area contributed by atoms with Crippen LogP contribution in [0.4, 0.5) is 5.69 Å². The number of nitro groups is 1. The first-order valence-corrected chi connectivity index (χ1v) is 8.24. The smallest absolute Gasteiger partial charge is 0.344 e. The Balaban J connectivity index is 1.61. The number of carbonyl (C=O) groups excluding carboxylic acids is 2. The molecule has 132 valence electrons. The topological polar surface area (TPSA) is 108 Å². The Kier molecular flexibility index (Phi) is 6.90. The molecule has 2 aromatic rings. The predicted octanol–water partition coefficient (Wildman–Crippen LogP) is 1.94. The summed E-state index contributed by atoms with van der Waals surface area (Å²) in [7, 11) is 0. The third kappa shape index (κ3) is 6.60. The van der Waals surface area contributed by atoms with Crippen LogP contribution in [0.25, 0.3) is 0 Å². The third-order valence-corrected chi connectivity index (χ3v) is 3.98. The summed E-state index contributed by atoms with van der Waals surface area (Å²) >= 11 is 1.61. The lowest BCUT2D eigenvalue weighted by molar-refractivity contribution is -0.384. The van der Waals surface area contributed by atoms with Gasteiger partial charge in [0, 0.05) is 23.6 Å². The lowest BCUT2D eigenvalue weighted by Gasteiger charge is -2.07. The van der Waals surface area contributed by atoms with Gasteiger partial charge in [0.2, 0.25) is 0 Å². The van der Waals surface area contributed by atoms with Crippen LogP contribution in [0.3, 0.4) is 0 Å². The van der Waals surface area contributed by atoms with Crippen LogP contribution < -0.4 is 10.1 Å². The average Bonchev–Trinajstić information content (AvgIpc) is 3.12. The first-order valence-electron chi connectivity index (χ1n) is 7.36. The molecule has 0 fully saturated rings. The van der Waals surface area contributed by atoms with Crippen molar-refractivity contribution in [2.24, 2.45) is 0 Å². The Hall–Kier alpha value is -2.94. The van der Waals surface area contributed by atoms with E-state index < -0.39 is 10.9 Å². The Morgan fingerprint density at radius 1 is 1.16 bits per heavy atom. The highest BCUT2D eigenvalue weighted by Crippen LogP contribution is 2.17. The summed E-state index contributed by atoms with van der Waals surface area (Å²) in [4.78, 5) is 34.2. The Morgan fingerprint density at radius 2 is 1.92 bits per heavy atom. The zero-order valence-electron chi connectivity index (χ0n) is 13.2. The number of thiophene rings is 1. The van der Waals surface area contributed by atoms with Gasteiger partial charge in [0.05, 0.1) is 4.92 Å². The zero-order chi connectivity index (χ0) is 18.1. The summed E-state index contributed by atoms with van der Waals surface area (Å²) in [6, 6.07) is 9.20. The molecule has 0 aliphatic rings. The molecule has 1 aromatic heterocycles. The number of ether oxygens (including phenoxy) is 2. The second kappa shape index (κ2) is 9.38. The van der Waals surface area contributed by atoms with Crippen molar-refractivity contribution in [3.63, 3.8) is 0 Å². The van der Waals surface area contributed by atoms with Gasteiger partial charge in [-0.1, -0.05) is 6.07 Å². The van der Waals surface area contributed by atoms with Crippen LogP contribution in [-0.4, -0.2) is 36.6 Å². The maximum absolute atomic E-state index is 11.6. The molecule has 0 unspecified atom stereocenters. The van der Waals surface area contributed by atoms with E-state index in [1.165, 1.54) is 24.3 Å². The molecule has 0 saturated carbocycles. The number of nitro benzene ring substituents is 1. The van der Waals surface area contributed by atoms with Crippen molar-refractivity contribution in [2.45, 2.75) is 6.42 Å². The standard InChI is InChI=1S/C16H16N2O6S/c19-15(17-8-7-14-2-1-9-25-14)10-24-16(20)11-23-13-5-3-12(4-6-13)18(21)22/h1-6,9H,7-8,10-11H2,(H,17,19). The van der Waals surface area contributed by atoms with E-state index in [1.54, 1.807) is 11.3 Å². The lowest BCUT2D eigenvalue weighted by atomic mass is 10.3. The van der Waals surface area contributed by atoms with Crippen molar-refractivity contribution < 1.29 is 24.0 Å². The largest absolute Gasteiger partial charge is 0.482 e. The number of hydrogen-bond acceptors (Lipinski definition) is 7. The summed E-state index contributed by atoms with van der Waals surface area (Å²) in [6.45, 7) is -0.302. The normalized spacial score (nSPS) is 10.1. The van der Waals surface area contributed by atoms with Crippen molar-refractivity contribution in [1.29, 1.82) is 0 Å². The van der Waals surface area contributed by atoms with E-state index in [0.29, 0.717) is 12.3 Å². The van der Waals surface area contributed by atoms with Gasteiger partial charge >= 0.3 is 5.97 Å². The second-order valence-corrected chi connectivity index (χ2v) is 5.91. The zero-order valence-corrected chi connectivity index (χ0v) is 14.0. The Morgan fingerprint density at radius 3 is 2.56 bits per heavy atom. The van der Waals surface area contributed by atoms with Crippen LogP contribution in [0, 0.1) is 10.1 Å². The molecule has 0 radical (unpaired) electrons. The number of rotatable bonds is 9. The number of benzene rings is 1. The van der Waals surface area contributed by atoms with Gasteiger partial charge in [-0.3, -0.25) is 14.9 Å². The van der Waals surface area contributed by atoms with Crippen LogP contribution in [-0.2, 0) is 20.7 Å². The SMILES string of the molecule is O=C(COC(=O)COc1ccc([N+](=O)[O-])cc1)NCCc1cccs1. The van der Waals surface area contributed by atoms with E-state index in [1.807, 2.05) is 17.5 Å². The van der Waals surface area contributed by atoms with Crippen LogP contribution in [0.1, 0.15) is 4.88 Å². The molecule has 1 heterocycles. The van der Waals surface area contributed by atoms with Crippen molar-refractivity contribution in [2.75, 3.05) is 19.8 Å². The fraction of sp³-hybridized carbons (Fsp3) is 0.250. The summed E-state index contributed by atoms with van der Waals surface area (Å²) in [5, 5.41) is 15.1. The van der Waals surface area contributed by atoms with Gasteiger partial charge in [0.15, 0.2) is 13.2 Å². The molecule has 8 nitrogen and oxygen atoms in total. The summed E-state index contributed by atoms with van der Waals surface area (Å²) in [6.07, 6.45) is 0.723. The minimum atomic E-state index is -0.702. The molecule has 0 saturated heterocycles.